The van der Waals surface area contributed by atoms with Gasteiger partial charge in [0.15, 0.2) is 0 Å². The summed E-state index contributed by atoms with van der Waals surface area (Å²) in [5, 5.41) is 12.8. The van der Waals surface area contributed by atoms with E-state index in [1.807, 2.05) is 0 Å². The second kappa shape index (κ2) is 5.92. The fourth-order valence-corrected chi connectivity index (χ4v) is 1.75. The molecule has 21 heavy (non-hydrogen) atoms. The zero-order valence-electron chi connectivity index (χ0n) is 10.1. The maximum Gasteiger partial charge on any atom is 0.305 e. The largest absolute Gasteiger partial charge is 0.306 e. The third-order valence-electron chi connectivity index (χ3n) is 2.46. The van der Waals surface area contributed by atoms with E-state index in [9.17, 15) is 23.7 Å². The van der Waals surface area contributed by atoms with E-state index < -0.39 is 33.7 Å². The van der Waals surface area contributed by atoms with Gasteiger partial charge in [0.25, 0.3) is 5.91 Å². The molecule has 9 heteroatoms. The fraction of sp³-hybridized carbons (Fsp3) is 0. The molecule has 0 atom stereocenters. The lowest BCUT2D eigenvalue weighted by Gasteiger charge is -2.06. The number of nitro groups is 1. The van der Waals surface area contributed by atoms with Crippen molar-refractivity contribution < 1.29 is 18.5 Å². The number of nitrogens with zero attached hydrogens (tertiary/aromatic N) is 2. The molecule has 2 aromatic rings. The van der Waals surface area contributed by atoms with Crippen LogP contribution in [0.2, 0.25) is 0 Å². The van der Waals surface area contributed by atoms with E-state index in [0.29, 0.717) is 16.6 Å². The number of amides is 1. The molecule has 1 aromatic carbocycles. The third-order valence-corrected chi connectivity index (χ3v) is 2.93. The van der Waals surface area contributed by atoms with Crippen LogP contribution in [0.25, 0.3) is 0 Å². The number of rotatable bonds is 3. The summed E-state index contributed by atoms with van der Waals surface area (Å²) in [6.07, 6.45) is 1.37. The van der Waals surface area contributed by atoms with Gasteiger partial charge in [0.2, 0.25) is 5.82 Å². The van der Waals surface area contributed by atoms with Gasteiger partial charge in [0, 0.05) is 16.7 Å². The monoisotopic (exact) mass is 357 g/mol. The summed E-state index contributed by atoms with van der Waals surface area (Å²) >= 11 is 3.14. The molecule has 108 valence electrons. The van der Waals surface area contributed by atoms with Gasteiger partial charge in [0.05, 0.1) is 4.92 Å². The summed E-state index contributed by atoms with van der Waals surface area (Å²) in [5.41, 5.74) is -2.01. The Labute approximate surface area is 125 Å². The Morgan fingerprint density at radius 2 is 2.00 bits per heavy atom. The summed E-state index contributed by atoms with van der Waals surface area (Å²) in [7, 11) is 0. The minimum absolute atomic E-state index is 0.0495. The number of carbonyl (C=O) groups excluding carboxylic acids is 1. The minimum atomic E-state index is -1.53. The number of nitrogens with one attached hydrogen (secondary N) is 1. The van der Waals surface area contributed by atoms with Crippen molar-refractivity contribution in [2.24, 2.45) is 0 Å². The van der Waals surface area contributed by atoms with Crippen LogP contribution in [0, 0.1) is 21.7 Å². The number of halogens is 3. The molecule has 0 saturated heterocycles. The maximum atomic E-state index is 13.8. The van der Waals surface area contributed by atoms with Gasteiger partial charge in [-0.15, -0.1) is 0 Å². The summed E-state index contributed by atoms with van der Waals surface area (Å²) < 4.78 is 28.0. The summed E-state index contributed by atoms with van der Waals surface area (Å²) in [6.45, 7) is 0. The Morgan fingerprint density at radius 1 is 1.29 bits per heavy atom. The summed E-state index contributed by atoms with van der Waals surface area (Å²) in [4.78, 5) is 25.2. The van der Waals surface area contributed by atoms with Crippen molar-refractivity contribution in [3.63, 3.8) is 0 Å². The van der Waals surface area contributed by atoms with Crippen LogP contribution in [0.4, 0.5) is 20.3 Å². The van der Waals surface area contributed by atoms with E-state index in [-0.39, 0.29) is 5.82 Å². The molecule has 0 aliphatic heterocycles. The van der Waals surface area contributed by atoms with Gasteiger partial charge in [-0.1, -0.05) is 0 Å². The Morgan fingerprint density at radius 3 is 2.57 bits per heavy atom. The smallest absolute Gasteiger partial charge is 0.305 e. The number of hydrogen-bond donors (Lipinski definition) is 1. The van der Waals surface area contributed by atoms with E-state index in [4.69, 9.17) is 0 Å². The standard InChI is InChI=1S/C12H6BrF2N3O3/c13-6-1-4-9(16-5-6)17-12(19)10-7(14)2-3-8(11(10)15)18(20)21/h1-5H,(H,16,17,19). The van der Waals surface area contributed by atoms with Crippen LogP contribution in [0.5, 0.6) is 0 Å². The Hall–Kier alpha value is -2.42. The molecule has 6 nitrogen and oxygen atoms in total. The molecular formula is C12H6BrF2N3O3. The molecule has 1 aromatic heterocycles. The van der Waals surface area contributed by atoms with Gasteiger partial charge in [-0.2, -0.15) is 4.39 Å². The molecule has 0 bridgehead atoms. The lowest BCUT2D eigenvalue weighted by Crippen LogP contribution is -2.17. The number of anilines is 1. The molecule has 2 rings (SSSR count). The normalized spacial score (nSPS) is 10.2. The van der Waals surface area contributed by atoms with E-state index in [1.54, 1.807) is 6.07 Å². The molecule has 1 N–H and O–H groups in total. The number of hydrogen-bond acceptors (Lipinski definition) is 4. The number of aromatic nitrogens is 1. The minimum Gasteiger partial charge on any atom is -0.306 e. The quantitative estimate of drug-likeness (QED) is 0.674. The van der Waals surface area contributed by atoms with Crippen LogP contribution in [0.3, 0.4) is 0 Å². The van der Waals surface area contributed by atoms with Gasteiger partial charge in [-0.05, 0) is 34.1 Å². The molecule has 0 aliphatic rings. The first-order chi connectivity index (χ1) is 9.90. The Bertz CT molecular complexity index is 722. The highest BCUT2D eigenvalue weighted by molar-refractivity contribution is 9.10. The van der Waals surface area contributed by atoms with E-state index in [1.165, 1.54) is 12.3 Å². The van der Waals surface area contributed by atoms with Crippen LogP contribution < -0.4 is 5.32 Å². The van der Waals surface area contributed by atoms with Crippen molar-refractivity contribution in [2.75, 3.05) is 5.32 Å². The molecule has 1 amide bonds. The highest BCUT2D eigenvalue weighted by Gasteiger charge is 2.26. The Balaban J connectivity index is 2.37. The first-order valence-corrected chi connectivity index (χ1v) is 6.24. The molecule has 0 saturated carbocycles. The Kier molecular flexibility index (Phi) is 4.22. The molecule has 0 unspecified atom stereocenters. The number of pyridine rings is 1. The van der Waals surface area contributed by atoms with Crippen molar-refractivity contribution in [3.8, 4) is 0 Å². The van der Waals surface area contributed by atoms with Crippen LogP contribution in [0.1, 0.15) is 10.4 Å². The van der Waals surface area contributed by atoms with E-state index >= 15 is 0 Å². The third kappa shape index (κ3) is 3.19. The van der Waals surface area contributed by atoms with E-state index in [0.717, 1.165) is 0 Å². The van der Waals surface area contributed by atoms with Crippen LogP contribution in [-0.2, 0) is 0 Å². The molecule has 0 radical (unpaired) electrons. The van der Waals surface area contributed by atoms with Crippen molar-refractivity contribution >= 4 is 33.3 Å². The molecule has 1 heterocycles. The number of nitro benzene ring substituents is 1. The lowest BCUT2D eigenvalue weighted by atomic mass is 10.1. The van der Waals surface area contributed by atoms with Gasteiger partial charge in [0.1, 0.15) is 17.2 Å². The number of benzene rings is 1. The zero-order valence-corrected chi connectivity index (χ0v) is 11.7. The van der Waals surface area contributed by atoms with Crippen LogP contribution in [-0.4, -0.2) is 15.8 Å². The van der Waals surface area contributed by atoms with Crippen molar-refractivity contribution in [3.05, 3.63) is 62.2 Å². The van der Waals surface area contributed by atoms with Gasteiger partial charge in [-0.3, -0.25) is 14.9 Å². The first-order valence-electron chi connectivity index (χ1n) is 5.45. The average molecular weight is 358 g/mol. The zero-order chi connectivity index (χ0) is 15.6. The van der Waals surface area contributed by atoms with Gasteiger partial charge < -0.3 is 5.32 Å². The highest BCUT2D eigenvalue weighted by Crippen LogP contribution is 2.24. The highest BCUT2D eigenvalue weighted by atomic mass is 79.9. The lowest BCUT2D eigenvalue weighted by molar-refractivity contribution is -0.387. The second-order valence-corrected chi connectivity index (χ2v) is 4.74. The summed E-state index contributed by atoms with van der Waals surface area (Å²) in [5.74, 6) is -3.85. The van der Waals surface area contributed by atoms with E-state index in [2.05, 4.69) is 26.2 Å². The van der Waals surface area contributed by atoms with Crippen molar-refractivity contribution in [1.29, 1.82) is 0 Å². The molecule has 0 spiro atoms. The number of carbonyl (C=O) groups is 1. The first kappa shape index (κ1) is 15.0. The predicted molar refractivity (Wildman–Crippen MR) is 72.9 cm³/mol. The fourth-order valence-electron chi connectivity index (χ4n) is 1.52. The van der Waals surface area contributed by atoms with Crippen molar-refractivity contribution in [1.82, 2.24) is 4.98 Å². The van der Waals surface area contributed by atoms with Crippen molar-refractivity contribution in [2.45, 2.75) is 0 Å². The van der Waals surface area contributed by atoms with Gasteiger partial charge >= 0.3 is 5.69 Å². The SMILES string of the molecule is O=C(Nc1ccc(Br)cn1)c1c(F)ccc([N+](=O)[O-])c1F. The second-order valence-electron chi connectivity index (χ2n) is 3.83. The van der Waals surface area contributed by atoms with Crippen LogP contribution in [0.15, 0.2) is 34.9 Å². The molecular weight excluding hydrogens is 352 g/mol. The van der Waals surface area contributed by atoms with Gasteiger partial charge in [-0.25, -0.2) is 9.37 Å². The average Bonchev–Trinajstić information content (AvgIpc) is 2.41. The predicted octanol–water partition coefficient (Wildman–Crippen LogP) is 3.28. The topological polar surface area (TPSA) is 85.1 Å². The van der Waals surface area contributed by atoms with Crippen LogP contribution >= 0.6 is 15.9 Å². The molecule has 0 aliphatic carbocycles. The summed E-state index contributed by atoms with van der Waals surface area (Å²) in [6, 6.07) is 4.27. The molecule has 0 fully saturated rings. The maximum absolute atomic E-state index is 13.8.